The van der Waals surface area contributed by atoms with Gasteiger partial charge in [-0.15, -0.1) is 0 Å². The molecule has 0 amide bonds. The number of nitrogens with zero attached hydrogens (tertiary/aromatic N) is 2. The van der Waals surface area contributed by atoms with E-state index >= 15 is 0 Å². The van der Waals surface area contributed by atoms with Gasteiger partial charge < -0.3 is 19.1 Å². The monoisotopic (exact) mass is 396 g/mol. The summed E-state index contributed by atoms with van der Waals surface area (Å²) < 4.78 is 16.8. The molecule has 0 aromatic heterocycles. The maximum Gasteiger partial charge on any atom is 0.269 e. The van der Waals surface area contributed by atoms with Gasteiger partial charge in [0.05, 0.1) is 17.6 Å². The number of hydrogen-bond acceptors (Lipinski definition) is 7. The molecule has 0 spiro atoms. The van der Waals surface area contributed by atoms with Crippen molar-refractivity contribution in [3.05, 3.63) is 62.7 Å². The van der Waals surface area contributed by atoms with Crippen molar-refractivity contribution >= 4 is 17.5 Å². The van der Waals surface area contributed by atoms with E-state index in [1.165, 1.54) is 18.2 Å². The van der Waals surface area contributed by atoms with E-state index in [1.54, 1.807) is 25.3 Å². The van der Waals surface area contributed by atoms with Crippen LogP contribution in [0.25, 0.3) is 6.08 Å². The summed E-state index contributed by atoms with van der Waals surface area (Å²) in [4.78, 5) is 25.6. The summed E-state index contributed by atoms with van der Waals surface area (Å²) >= 11 is 0. The number of nitro benzene ring substituents is 1. The number of methoxy groups -OCH3 is 1. The Morgan fingerprint density at radius 3 is 2.62 bits per heavy atom. The summed E-state index contributed by atoms with van der Waals surface area (Å²) in [5, 5.41) is 10.8. The predicted octanol–water partition coefficient (Wildman–Crippen LogP) is 3.22. The molecular weight excluding hydrogens is 376 g/mol. The van der Waals surface area contributed by atoms with Crippen molar-refractivity contribution in [1.82, 2.24) is 4.90 Å². The molecule has 4 rings (SSSR count). The molecule has 0 radical (unpaired) electrons. The first kappa shape index (κ1) is 18.9. The molecule has 2 aliphatic rings. The van der Waals surface area contributed by atoms with Crippen molar-refractivity contribution < 1.29 is 23.9 Å². The quantitative estimate of drug-likeness (QED) is 0.332. The Morgan fingerprint density at radius 1 is 1.21 bits per heavy atom. The van der Waals surface area contributed by atoms with E-state index in [0.717, 1.165) is 17.7 Å². The lowest BCUT2D eigenvalue weighted by Gasteiger charge is -2.28. The zero-order chi connectivity index (χ0) is 20.5. The average molecular weight is 396 g/mol. The molecule has 0 unspecified atom stereocenters. The summed E-state index contributed by atoms with van der Waals surface area (Å²) in [6.45, 7) is 1.51. The normalized spacial score (nSPS) is 15.4. The molecule has 0 saturated carbocycles. The molecular formula is C21H20N2O6. The van der Waals surface area contributed by atoms with E-state index in [-0.39, 0.29) is 18.3 Å². The second-order valence-corrected chi connectivity index (χ2v) is 6.96. The standard InChI is InChI=1S/C21H20N2O6/c1-22-10-9-15-16(11-22)19(27-2)21-20(28-12-29-21)18(15)17(24)8-5-13-3-6-14(7-4-13)23(25)26/h3-8H,9-12H2,1-2H3. The van der Waals surface area contributed by atoms with Gasteiger partial charge in [-0.25, -0.2) is 0 Å². The van der Waals surface area contributed by atoms with Crippen LogP contribution in [0.15, 0.2) is 30.3 Å². The predicted molar refractivity (Wildman–Crippen MR) is 106 cm³/mol. The minimum absolute atomic E-state index is 0.00480. The van der Waals surface area contributed by atoms with Gasteiger partial charge in [0.15, 0.2) is 17.3 Å². The van der Waals surface area contributed by atoms with Crippen LogP contribution < -0.4 is 14.2 Å². The highest BCUT2D eigenvalue weighted by molar-refractivity contribution is 6.11. The molecule has 0 fully saturated rings. The average Bonchev–Trinajstić information content (AvgIpc) is 3.19. The van der Waals surface area contributed by atoms with Crippen LogP contribution in [0.5, 0.6) is 17.2 Å². The Kier molecular flexibility index (Phi) is 4.94. The van der Waals surface area contributed by atoms with Crippen molar-refractivity contribution in [1.29, 1.82) is 0 Å². The van der Waals surface area contributed by atoms with Gasteiger partial charge in [0.1, 0.15) is 0 Å². The Balaban J connectivity index is 1.72. The van der Waals surface area contributed by atoms with Crippen molar-refractivity contribution in [2.75, 3.05) is 27.5 Å². The lowest BCUT2D eigenvalue weighted by Crippen LogP contribution is -2.28. The van der Waals surface area contributed by atoms with Crippen LogP contribution in [0.3, 0.4) is 0 Å². The van der Waals surface area contributed by atoms with Crippen LogP contribution >= 0.6 is 0 Å². The molecule has 0 N–H and O–H groups in total. The maximum absolute atomic E-state index is 13.1. The number of rotatable bonds is 5. The molecule has 2 aromatic carbocycles. The number of nitro groups is 1. The fourth-order valence-corrected chi connectivity index (χ4v) is 3.73. The third-order valence-corrected chi connectivity index (χ3v) is 5.14. The number of likely N-dealkylation sites (N-methyl/N-ethyl adjacent to an activating group) is 1. The number of fused-ring (bicyclic) bond motifs is 2. The van der Waals surface area contributed by atoms with Gasteiger partial charge in [-0.1, -0.05) is 6.08 Å². The van der Waals surface area contributed by atoms with Crippen molar-refractivity contribution in [2.24, 2.45) is 0 Å². The number of hydrogen-bond donors (Lipinski definition) is 0. The molecule has 8 heteroatoms. The topological polar surface area (TPSA) is 91.1 Å². The Labute approximate surface area is 167 Å². The lowest BCUT2D eigenvalue weighted by atomic mass is 9.90. The van der Waals surface area contributed by atoms with Crippen molar-refractivity contribution in [3.8, 4) is 17.2 Å². The molecule has 2 aliphatic heterocycles. The first-order valence-corrected chi connectivity index (χ1v) is 9.16. The highest BCUT2D eigenvalue weighted by Crippen LogP contribution is 2.49. The van der Waals surface area contributed by atoms with Gasteiger partial charge >= 0.3 is 0 Å². The Hall–Kier alpha value is -3.39. The summed E-state index contributed by atoms with van der Waals surface area (Å²) in [7, 11) is 3.60. The summed E-state index contributed by atoms with van der Waals surface area (Å²) in [6.07, 6.45) is 3.80. The number of ketones is 1. The SMILES string of the molecule is COc1c2c(c(C(=O)C=Cc3ccc([N+](=O)[O-])cc3)c3c1OCO3)CCN(C)C2. The van der Waals surface area contributed by atoms with Crippen LogP contribution in [0.2, 0.25) is 0 Å². The van der Waals surface area contributed by atoms with Crippen LogP contribution in [-0.2, 0) is 13.0 Å². The second-order valence-electron chi connectivity index (χ2n) is 6.96. The molecule has 29 heavy (non-hydrogen) atoms. The van der Waals surface area contributed by atoms with Gasteiger partial charge in [0.25, 0.3) is 5.69 Å². The van der Waals surface area contributed by atoms with Gasteiger partial charge in [0.2, 0.25) is 12.5 Å². The molecule has 0 atom stereocenters. The molecule has 0 saturated heterocycles. The number of non-ortho nitro benzene ring substituents is 1. The summed E-state index contributed by atoms with van der Waals surface area (Å²) in [5.41, 5.74) is 3.06. The molecule has 150 valence electrons. The minimum Gasteiger partial charge on any atom is -0.492 e. The smallest absolute Gasteiger partial charge is 0.269 e. The minimum atomic E-state index is -0.458. The van der Waals surface area contributed by atoms with E-state index in [0.29, 0.717) is 41.3 Å². The number of carbonyl (C=O) groups is 1. The molecule has 0 bridgehead atoms. The zero-order valence-corrected chi connectivity index (χ0v) is 16.1. The molecule has 0 aliphatic carbocycles. The molecule has 8 nitrogen and oxygen atoms in total. The first-order valence-electron chi connectivity index (χ1n) is 9.16. The van der Waals surface area contributed by atoms with E-state index in [2.05, 4.69) is 4.90 Å². The van der Waals surface area contributed by atoms with Gasteiger partial charge in [0, 0.05) is 30.8 Å². The van der Waals surface area contributed by atoms with E-state index in [4.69, 9.17) is 14.2 Å². The largest absolute Gasteiger partial charge is 0.492 e. The third kappa shape index (κ3) is 3.42. The fourth-order valence-electron chi connectivity index (χ4n) is 3.73. The second kappa shape index (κ2) is 7.56. The number of allylic oxidation sites excluding steroid dienone is 1. The van der Waals surface area contributed by atoms with Gasteiger partial charge in [-0.2, -0.15) is 0 Å². The number of carbonyl (C=O) groups excluding carboxylic acids is 1. The summed E-state index contributed by atoms with van der Waals surface area (Å²) in [6, 6.07) is 6.02. The van der Waals surface area contributed by atoms with E-state index < -0.39 is 4.92 Å². The lowest BCUT2D eigenvalue weighted by molar-refractivity contribution is -0.384. The third-order valence-electron chi connectivity index (χ3n) is 5.14. The van der Waals surface area contributed by atoms with Crippen LogP contribution in [0, 0.1) is 10.1 Å². The van der Waals surface area contributed by atoms with Crippen molar-refractivity contribution in [3.63, 3.8) is 0 Å². The number of benzene rings is 2. The van der Waals surface area contributed by atoms with Gasteiger partial charge in [-0.05, 0) is 42.8 Å². The highest BCUT2D eigenvalue weighted by Gasteiger charge is 2.34. The number of ether oxygens (including phenoxy) is 3. The highest BCUT2D eigenvalue weighted by atomic mass is 16.7. The maximum atomic E-state index is 13.1. The Morgan fingerprint density at radius 2 is 1.93 bits per heavy atom. The summed E-state index contributed by atoms with van der Waals surface area (Å²) in [5.74, 6) is 1.31. The van der Waals surface area contributed by atoms with E-state index in [1.807, 2.05) is 7.05 Å². The van der Waals surface area contributed by atoms with Crippen LogP contribution in [-0.4, -0.2) is 43.1 Å². The molecule has 2 aromatic rings. The van der Waals surface area contributed by atoms with Crippen LogP contribution in [0.4, 0.5) is 5.69 Å². The Bertz CT molecular complexity index is 1010. The van der Waals surface area contributed by atoms with E-state index in [9.17, 15) is 14.9 Å². The van der Waals surface area contributed by atoms with Crippen molar-refractivity contribution in [2.45, 2.75) is 13.0 Å². The zero-order valence-electron chi connectivity index (χ0n) is 16.1. The molecule has 2 heterocycles. The van der Waals surface area contributed by atoms with Gasteiger partial charge in [-0.3, -0.25) is 14.9 Å². The first-order chi connectivity index (χ1) is 14.0. The fraction of sp³-hybridized carbons (Fsp3) is 0.286. The van der Waals surface area contributed by atoms with Crippen LogP contribution in [0.1, 0.15) is 27.0 Å².